The van der Waals surface area contributed by atoms with Crippen LogP contribution in [0.5, 0.6) is 0 Å². The van der Waals surface area contributed by atoms with Crippen LogP contribution < -0.4 is 0 Å². The van der Waals surface area contributed by atoms with Crippen molar-refractivity contribution in [1.29, 1.82) is 0 Å². The van der Waals surface area contributed by atoms with Gasteiger partial charge in [0.15, 0.2) is 24.6 Å². The van der Waals surface area contributed by atoms with Crippen molar-refractivity contribution in [2.45, 2.75) is 375 Å². The molecule has 0 saturated carbocycles. The number of hydrogen-bond donors (Lipinski definition) is 7. The summed E-state index contributed by atoms with van der Waals surface area (Å²) in [6.07, 6.45) is 22.1. The Hall–Kier alpha value is -1.55. The van der Waals surface area contributed by atoms with E-state index in [0.717, 1.165) is 64.2 Å². The molecule has 2 heterocycles. The van der Waals surface area contributed by atoms with Crippen LogP contribution in [0.2, 0.25) is 0 Å². The molecule has 18 heteroatoms. The third-order valence-corrected chi connectivity index (χ3v) is 19.6. The molecule has 2 rings (SSSR count). The number of carbonyl (C=O) groups is 2. The van der Waals surface area contributed by atoms with E-state index in [0.29, 0.717) is 54.3 Å². The van der Waals surface area contributed by atoms with Gasteiger partial charge < -0.3 is 54.3 Å². The Kier molecular flexibility index (Phi) is 45.2. The Morgan fingerprint density at radius 2 is 0.787 bits per heavy atom. The van der Waals surface area contributed by atoms with Gasteiger partial charge in [-0.1, -0.05) is 237 Å². The number of rotatable bonds is 54. The van der Waals surface area contributed by atoms with Gasteiger partial charge >= 0.3 is 22.3 Å². The molecule has 0 radical (unpaired) electrons. The minimum absolute atomic E-state index is 0.0236. The molecule has 0 aromatic carbocycles. The third-order valence-electron chi connectivity index (χ3n) is 19.1. The normalized spacial score (nSPS) is 26.0. The largest absolute Gasteiger partial charge is 0.455 e. The molecule has 0 aliphatic carbocycles. The number of esters is 2. The molecule has 0 aromatic rings. The lowest BCUT2D eigenvalue weighted by Gasteiger charge is -2.46. The average molecular weight is 1290 g/mol. The summed E-state index contributed by atoms with van der Waals surface area (Å²) in [6.45, 7) is 22.9. The first-order valence-electron chi connectivity index (χ1n) is 36.3. The second-order valence-corrected chi connectivity index (χ2v) is 30.0. The maximum atomic E-state index is 14.2. The lowest BCUT2D eigenvalue weighted by atomic mass is 9.79. The molecule has 2 saturated heterocycles. The van der Waals surface area contributed by atoms with Crippen LogP contribution in [0.3, 0.4) is 0 Å². The summed E-state index contributed by atoms with van der Waals surface area (Å²) in [5.74, 6) is 1.49. The summed E-state index contributed by atoms with van der Waals surface area (Å²) in [5.41, 5.74) is 0. The van der Waals surface area contributed by atoms with Crippen molar-refractivity contribution in [2.75, 3.05) is 13.2 Å². The number of aliphatic hydroxyl groups excluding tert-OH is 6. The van der Waals surface area contributed by atoms with Crippen molar-refractivity contribution in [1.82, 2.24) is 0 Å². The molecular weight excluding hydrogens is 1160 g/mol. The summed E-state index contributed by atoms with van der Waals surface area (Å²) in [4.78, 5) is 27.7. The minimum atomic E-state index is -5.33. The van der Waals surface area contributed by atoms with E-state index in [1.54, 1.807) is 6.92 Å². The summed E-state index contributed by atoms with van der Waals surface area (Å²) < 4.78 is 67.6. The smallest absolute Gasteiger partial charge is 0.397 e. The fourth-order valence-electron chi connectivity index (χ4n) is 14.6. The van der Waals surface area contributed by atoms with Gasteiger partial charge in [0.25, 0.3) is 0 Å². The first-order valence-corrected chi connectivity index (χ1v) is 37.7. The SMILES string of the molecule is CCCCCCCCCCCCCCCC(=O)O[C@@H]1[C@@H](O)[C@H](CO)O[C@@H](O[C@H]2O[C@H](CO)[C@@H](O)[C@H](O)[C@H]2OS(=O)(=O)O)[C@H]1OC(=O)[C@H](C)C[C@@H](C)C[C@@H](C)C[C@@H](C)C[C@@H](C)C[C@@H](C)C[C@@H](C)C[C@@H](C)C[C@@H](C)[C@@H](O)CCCCCCCCCCCCCCC. The maximum absolute atomic E-state index is 14.2. The Morgan fingerprint density at radius 1 is 0.438 bits per heavy atom. The summed E-state index contributed by atoms with van der Waals surface area (Å²) in [6, 6.07) is 0. The molecule has 0 spiro atoms. The number of carbonyl (C=O) groups excluding carboxylic acids is 2. The summed E-state index contributed by atoms with van der Waals surface area (Å²) in [5, 5.41) is 64.4. The van der Waals surface area contributed by atoms with E-state index in [1.807, 2.05) is 0 Å². The molecular formula is C71H136O17S. The lowest BCUT2D eigenvalue weighted by Crippen LogP contribution is -2.65. The highest BCUT2D eigenvalue weighted by Gasteiger charge is 2.55. The van der Waals surface area contributed by atoms with Gasteiger partial charge in [-0.25, -0.2) is 4.18 Å². The molecule has 20 atom stereocenters. The van der Waals surface area contributed by atoms with E-state index in [9.17, 15) is 53.2 Å². The van der Waals surface area contributed by atoms with Gasteiger partial charge in [0.05, 0.1) is 25.2 Å². The second kappa shape index (κ2) is 48.2. The van der Waals surface area contributed by atoms with Crippen molar-refractivity contribution in [3.05, 3.63) is 0 Å². The van der Waals surface area contributed by atoms with Crippen LogP contribution in [-0.2, 0) is 47.9 Å². The van der Waals surface area contributed by atoms with Crippen molar-refractivity contribution < 1.29 is 81.1 Å². The molecule has 528 valence electrons. The van der Waals surface area contributed by atoms with Crippen LogP contribution >= 0.6 is 0 Å². The lowest BCUT2D eigenvalue weighted by molar-refractivity contribution is -0.374. The highest BCUT2D eigenvalue weighted by Crippen LogP contribution is 2.36. The Bertz CT molecular complexity index is 1880. The van der Waals surface area contributed by atoms with E-state index >= 15 is 0 Å². The molecule has 89 heavy (non-hydrogen) atoms. The van der Waals surface area contributed by atoms with Crippen molar-refractivity contribution in [3.8, 4) is 0 Å². The standard InChI is InChI=1S/C71H136O17S/c1-12-14-16-18-20-22-24-26-28-30-32-34-36-38-59(74)57(10)46-55(8)44-53(6)42-51(4)40-50(3)41-52(5)43-54(7)45-56(9)47-58(11)69(79)86-68-66(85-62(75)39-37-35-33-31-29-27-25-23-21-19-17-15-13-2)64(77)61(49-73)84-71(68)87-70-67(88-89(80,81)82)65(78)63(76)60(48-72)83-70/h50-61,63-68,70-74,76-78H,12-49H2,1-11H3,(H,80,81,82)/t50-,51+,52-,53+,54-,55+,56-,57+,58+,59-,60+,61-,63+,64-,65-,66+,67+,68-,70+,71-/m0/s1. The van der Waals surface area contributed by atoms with Crippen molar-refractivity contribution in [2.24, 2.45) is 53.3 Å². The summed E-state index contributed by atoms with van der Waals surface area (Å²) in [7, 11) is -5.33. The highest BCUT2D eigenvalue weighted by atomic mass is 32.3. The van der Waals surface area contributed by atoms with E-state index in [2.05, 4.69) is 73.4 Å². The van der Waals surface area contributed by atoms with Gasteiger partial charge in [0.1, 0.15) is 30.5 Å². The molecule has 0 bridgehead atoms. The Balaban J connectivity index is 1.96. The van der Waals surface area contributed by atoms with E-state index < -0.39 is 103 Å². The van der Waals surface area contributed by atoms with Crippen LogP contribution in [0.1, 0.15) is 307 Å². The predicted molar refractivity (Wildman–Crippen MR) is 353 cm³/mol. The zero-order chi connectivity index (χ0) is 66.3. The van der Waals surface area contributed by atoms with Gasteiger partial charge in [-0.05, 0) is 112 Å². The van der Waals surface area contributed by atoms with Gasteiger partial charge in [-0.3, -0.25) is 14.1 Å². The van der Waals surface area contributed by atoms with E-state index in [-0.39, 0.29) is 18.4 Å². The first-order chi connectivity index (χ1) is 42.3. The van der Waals surface area contributed by atoms with Gasteiger partial charge in [0, 0.05) is 6.42 Å². The molecule has 0 unspecified atom stereocenters. The molecule has 7 N–H and O–H groups in total. The molecule has 2 aliphatic heterocycles. The Morgan fingerprint density at radius 3 is 1.18 bits per heavy atom. The molecule has 0 amide bonds. The van der Waals surface area contributed by atoms with Crippen LogP contribution in [0.4, 0.5) is 0 Å². The molecule has 17 nitrogen and oxygen atoms in total. The third kappa shape index (κ3) is 36.8. The molecule has 0 aromatic heterocycles. The summed E-state index contributed by atoms with van der Waals surface area (Å²) >= 11 is 0. The van der Waals surface area contributed by atoms with E-state index in [4.69, 9.17) is 23.7 Å². The minimum Gasteiger partial charge on any atom is -0.455 e. The number of aliphatic hydroxyl groups is 6. The molecule has 2 aliphatic rings. The van der Waals surface area contributed by atoms with Crippen LogP contribution in [0.15, 0.2) is 0 Å². The van der Waals surface area contributed by atoms with Gasteiger partial charge in [-0.2, -0.15) is 8.42 Å². The topological polar surface area (TPSA) is 265 Å². The fourth-order valence-corrected chi connectivity index (χ4v) is 15.1. The second-order valence-electron chi connectivity index (χ2n) is 29.0. The van der Waals surface area contributed by atoms with Crippen LogP contribution in [0.25, 0.3) is 0 Å². The number of ether oxygens (including phenoxy) is 5. The zero-order valence-corrected chi connectivity index (χ0v) is 58.9. The quantitative estimate of drug-likeness (QED) is 0.0169. The average Bonchev–Trinajstić information content (AvgIpc) is 3.66. The van der Waals surface area contributed by atoms with Gasteiger partial charge in [0.2, 0.25) is 6.29 Å². The van der Waals surface area contributed by atoms with E-state index in [1.165, 1.54) is 148 Å². The molecule has 2 fully saturated rings. The maximum Gasteiger partial charge on any atom is 0.397 e. The van der Waals surface area contributed by atoms with Gasteiger partial charge in [-0.15, -0.1) is 0 Å². The first kappa shape index (κ1) is 83.5. The zero-order valence-electron chi connectivity index (χ0n) is 58.0. The fraction of sp³-hybridized carbons (Fsp3) is 0.972. The highest BCUT2D eigenvalue weighted by molar-refractivity contribution is 7.80. The predicted octanol–water partition coefficient (Wildman–Crippen LogP) is 14.7. The monoisotopic (exact) mass is 1290 g/mol. The number of hydrogen-bond acceptors (Lipinski definition) is 16. The van der Waals surface area contributed by atoms with Crippen LogP contribution in [-0.4, -0.2) is 136 Å². The Labute approximate surface area is 542 Å². The number of unbranched alkanes of at least 4 members (excludes halogenated alkanes) is 24. The van der Waals surface area contributed by atoms with Crippen molar-refractivity contribution in [3.63, 3.8) is 0 Å². The van der Waals surface area contributed by atoms with Crippen LogP contribution in [0, 0.1) is 53.3 Å². The van der Waals surface area contributed by atoms with Crippen molar-refractivity contribution >= 4 is 22.3 Å².